The summed E-state index contributed by atoms with van der Waals surface area (Å²) in [5.41, 5.74) is 6.39. The Kier molecular flexibility index (Phi) is 7.80. The van der Waals surface area contributed by atoms with Crippen molar-refractivity contribution in [2.24, 2.45) is 0 Å². The van der Waals surface area contributed by atoms with Crippen LogP contribution < -0.4 is 19.9 Å². The van der Waals surface area contributed by atoms with Gasteiger partial charge in [-0.2, -0.15) is 0 Å². The third kappa shape index (κ3) is 6.28. The van der Waals surface area contributed by atoms with Crippen molar-refractivity contribution in [2.45, 2.75) is 13.8 Å². The number of amides is 2. The Balaban J connectivity index is 1.24. The van der Waals surface area contributed by atoms with Gasteiger partial charge in [0, 0.05) is 0 Å². The summed E-state index contributed by atoms with van der Waals surface area (Å²) < 4.78 is 17.0. The predicted octanol–water partition coefficient (Wildman–Crippen LogP) is 4.24. The predicted molar refractivity (Wildman–Crippen MR) is 134 cm³/mol. The molecule has 3 aromatic carbocycles. The average molecular weight is 473 g/mol. The van der Waals surface area contributed by atoms with Crippen molar-refractivity contribution in [1.82, 2.24) is 5.43 Å². The normalized spacial score (nSPS) is 14.3. The second kappa shape index (κ2) is 11.4. The van der Waals surface area contributed by atoms with Gasteiger partial charge in [-0.05, 0) is 73.0 Å². The molecule has 0 saturated carbocycles. The molecule has 0 spiro atoms. The van der Waals surface area contributed by atoms with Gasteiger partial charge in [0.15, 0.2) is 0 Å². The lowest BCUT2D eigenvalue weighted by Crippen LogP contribution is -2.35. The lowest BCUT2D eigenvalue weighted by molar-refractivity contribution is -0.117. The first kappa shape index (κ1) is 24.0. The van der Waals surface area contributed by atoms with Crippen molar-refractivity contribution < 1.29 is 23.8 Å². The number of nitrogens with one attached hydrogen (secondary N) is 1. The van der Waals surface area contributed by atoms with E-state index in [-0.39, 0.29) is 5.57 Å². The van der Waals surface area contributed by atoms with Gasteiger partial charge in [-0.1, -0.05) is 36.4 Å². The van der Waals surface area contributed by atoms with E-state index in [0.717, 1.165) is 5.75 Å². The number of ether oxygens (including phenoxy) is 3. The Bertz CT molecular complexity index is 1220. The number of carbonyl (C=O) groups is 2. The number of hydrogen-bond acceptors (Lipinski definition) is 5. The van der Waals surface area contributed by atoms with Crippen LogP contribution in [0.2, 0.25) is 0 Å². The van der Waals surface area contributed by atoms with Gasteiger partial charge in [0.1, 0.15) is 30.3 Å². The summed E-state index contributed by atoms with van der Waals surface area (Å²) in [6.45, 7) is 5.82. The maximum Gasteiger partial charge on any atom is 0.282 e. The van der Waals surface area contributed by atoms with E-state index in [2.05, 4.69) is 19.3 Å². The molecule has 0 aromatic heterocycles. The van der Waals surface area contributed by atoms with E-state index in [1.54, 1.807) is 36.4 Å². The van der Waals surface area contributed by atoms with Gasteiger partial charge in [-0.25, -0.2) is 5.01 Å². The highest BCUT2D eigenvalue weighted by Crippen LogP contribution is 2.22. The van der Waals surface area contributed by atoms with E-state index in [1.165, 1.54) is 16.1 Å². The molecule has 180 valence electrons. The molecular formula is C28H28N2O5. The number of para-hydroxylation sites is 1. The van der Waals surface area contributed by atoms with Gasteiger partial charge in [-0.3, -0.25) is 15.0 Å². The lowest BCUT2D eigenvalue weighted by Gasteiger charge is -2.13. The average Bonchev–Trinajstić information content (AvgIpc) is 3.15. The van der Waals surface area contributed by atoms with Crippen molar-refractivity contribution in [2.75, 3.05) is 31.4 Å². The topological polar surface area (TPSA) is 77.1 Å². The molecule has 1 saturated heterocycles. The molecule has 0 bridgehead atoms. The van der Waals surface area contributed by atoms with Crippen LogP contribution in [0.4, 0.5) is 5.69 Å². The van der Waals surface area contributed by atoms with Crippen LogP contribution in [-0.4, -0.2) is 38.2 Å². The minimum atomic E-state index is -0.443. The van der Waals surface area contributed by atoms with E-state index >= 15 is 0 Å². The first-order valence-corrected chi connectivity index (χ1v) is 11.4. The summed E-state index contributed by atoms with van der Waals surface area (Å²) >= 11 is 0. The molecule has 0 aliphatic carbocycles. The lowest BCUT2D eigenvalue weighted by atomic mass is 10.1. The molecule has 0 radical (unpaired) electrons. The number of rotatable bonds is 10. The van der Waals surface area contributed by atoms with Crippen LogP contribution in [0.5, 0.6) is 11.5 Å². The SMILES string of the molecule is Cc1ccc(OCCOCCOc2cccc(/C=C3\C(=O)NN(c4ccccc4)C3=O)c2)cc1C. The van der Waals surface area contributed by atoms with Crippen LogP contribution in [0.3, 0.4) is 0 Å². The van der Waals surface area contributed by atoms with E-state index in [0.29, 0.717) is 43.4 Å². The minimum Gasteiger partial charge on any atom is -0.491 e. The fourth-order valence-electron chi connectivity index (χ4n) is 3.52. The molecular weight excluding hydrogens is 444 g/mol. The van der Waals surface area contributed by atoms with Gasteiger partial charge in [-0.15, -0.1) is 0 Å². The van der Waals surface area contributed by atoms with Crippen molar-refractivity contribution >= 4 is 23.6 Å². The zero-order chi connectivity index (χ0) is 24.6. The molecule has 1 fully saturated rings. The molecule has 35 heavy (non-hydrogen) atoms. The highest BCUT2D eigenvalue weighted by molar-refractivity contribution is 6.31. The van der Waals surface area contributed by atoms with E-state index in [9.17, 15) is 9.59 Å². The molecule has 7 nitrogen and oxygen atoms in total. The molecule has 0 unspecified atom stereocenters. The number of carbonyl (C=O) groups excluding carboxylic acids is 2. The Morgan fingerprint density at radius 1 is 0.771 bits per heavy atom. The molecule has 1 aliphatic rings. The zero-order valence-electron chi connectivity index (χ0n) is 19.8. The highest BCUT2D eigenvalue weighted by atomic mass is 16.5. The number of anilines is 1. The minimum absolute atomic E-state index is 0.0677. The first-order valence-electron chi connectivity index (χ1n) is 11.4. The fourth-order valence-corrected chi connectivity index (χ4v) is 3.52. The van der Waals surface area contributed by atoms with E-state index in [4.69, 9.17) is 14.2 Å². The summed E-state index contributed by atoms with van der Waals surface area (Å²) in [5, 5.41) is 1.25. The summed E-state index contributed by atoms with van der Waals surface area (Å²) in [4.78, 5) is 25.1. The summed E-state index contributed by atoms with van der Waals surface area (Å²) in [6.07, 6.45) is 1.56. The van der Waals surface area contributed by atoms with Crippen LogP contribution in [0.15, 0.2) is 78.4 Å². The van der Waals surface area contributed by atoms with Crippen LogP contribution >= 0.6 is 0 Å². The molecule has 0 atom stereocenters. The maximum atomic E-state index is 12.7. The van der Waals surface area contributed by atoms with Gasteiger partial charge >= 0.3 is 0 Å². The Morgan fingerprint density at radius 3 is 2.20 bits per heavy atom. The fraction of sp³-hybridized carbons (Fsp3) is 0.214. The number of benzene rings is 3. The second-order valence-electron chi connectivity index (χ2n) is 8.10. The summed E-state index contributed by atoms with van der Waals surface area (Å²) in [5.74, 6) is 0.617. The number of hydrogen-bond donors (Lipinski definition) is 1. The third-order valence-electron chi connectivity index (χ3n) is 5.55. The molecule has 1 aliphatic heterocycles. The van der Waals surface area contributed by atoms with Gasteiger partial charge in [0.05, 0.1) is 18.9 Å². The van der Waals surface area contributed by atoms with Crippen molar-refractivity contribution in [3.05, 3.63) is 95.1 Å². The van der Waals surface area contributed by atoms with Crippen molar-refractivity contribution in [1.29, 1.82) is 0 Å². The second-order valence-corrected chi connectivity index (χ2v) is 8.10. The largest absolute Gasteiger partial charge is 0.491 e. The smallest absolute Gasteiger partial charge is 0.282 e. The van der Waals surface area contributed by atoms with Crippen LogP contribution in [0.1, 0.15) is 16.7 Å². The van der Waals surface area contributed by atoms with Crippen LogP contribution in [0.25, 0.3) is 6.08 Å². The maximum absolute atomic E-state index is 12.7. The summed E-state index contributed by atoms with van der Waals surface area (Å²) in [7, 11) is 0. The zero-order valence-corrected chi connectivity index (χ0v) is 19.8. The van der Waals surface area contributed by atoms with Crippen LogP contribution in [0, 0.1) is 13.8 Å². The van der Waals surface area contributed by atoms with Crippen molar-refractivity contribution in [3.8, 4) is 11.5 Å². The molecule has 7 heteroatoms. The van der Waals surface area contributed by atoms with Gasteiger partial charge in [0.2, 0.25) is 0 Å². The number of aryl methyl sites for hydroxylation is 2. The van der Waals surface area contributed by atoms with E-state index < -0.39 is 11.8 Å². The Hall–Kier alpha value is -4.10. The molecule has 4 rings (SSSR count). The molecule has 3 aromatic rings. The molecule has 2 amide bonds. The standard InChI is InChI=1S/C28H28N2O5/c1-20-11-12-25(17-21(20)2)35-16-14-33-13-15-34-24-10-6-7-22(18-24)19-26-27(31)29-30(28(26)32)23-8-4-3-5-9-23/h3-12,17-19H,13-16H2,1-2H3,(H,29,31)/b26-19+. The number of hydrazine groups is 1. The van der Waals surface area contributed by atoms with E-state index in [1.807, 2.05) is 42.5 Å². The quantitative estimate of drug-likeness (QED) is 0.271. The monoisotopic (exact) mass is 472 g/mol. The first-order chi connectivity index (χ1) is 17.0. The third-order valence-corrected chi connectivity index (χ3v) is 5.55. The molecule has 1 N–H and O–H groups in total. The molecule has 1 heterocycles. The highest BCUT2D eigenvalue weighted by Gasteiger charge is 2.34. The Labute approximate surface area is 204 Å². The van der Waals surface area contributed by atoms with Crippen LogP contribution in [-0.2, 0) is 14.3 Å². The van der Waals surface area contributed by atoms with Gasteiger partial charge < -0.3 is 14.2 Å². The Morgan fingerprint density at radius 2 is 1.49 bits per heavy atom. The number of nitrogens with zero attached hydrogens (tertiary/aromatic N) is 1. The van der Waals surface area contributed by atoms with Crippen molar-refractivity contribution in [3.63, 3.8) is 0 Å². The van der Waals surface area contributed by atoms with Gasteiger partial charge in [0.25, 0.3) is 11.8 Å². The summed E-state index contributed by atoms with van der Waals surface area (Å²) in [6, 6.07) is 22.2.